The van der Waals surface area contributed by atoms with Crippen LogP contribution in [0.5, 0.6) is 0 Å². The summed E-state index contributed by atoms with van der Waals surface area (Å²) >= 11 is 0. The van der Waals surface area contributed by atoms with Gasteiger partial charge in [-0.2, -0.15) is 0 Å². The molecule has 0 bridgehead atoms. The van der Waals surface area contributed by atoms with Gasteiger partial charge in [0.1, 0.15) is 0 Å². The van der Waals surface area contributed by atoms with Gasteiger partial charge in [0.05, 0.1) is 0 Å². The van der Waals surface area contributed by atoms with E-state index in [0.717, 1.165) is 61.2 Å². The Balaban J connectivity index is 0.000000113. The van der Waals surface area contributed by atoms with E-state index in [0.29, 0.717) is 52.4 Å². The van der Waals surface area contributed by atoms with E-state index in [1.165, 1.54) is 202 Å². The molecule has 6 aliphatic rings. The third-order valence-electron chi connectivity index (χ3n) is 29.8. The van der Waals surface area contributed by atoms with E-state index in [9.17, 15) is 0 Å². The van der Waals surface area contributed by atoms with Crippen LogP contribution in [0.3, 0.4) is 0 Å². The molecule has 20 aromatic rings. The summed E-state index contributed by atoms with van der Waals surface area (Å²) < 4.78 is 0. The predicted octanol–water partition coefficient (Wildman–Crippen LogP) is 32.6. The molecule has 0 unspecified atom stereocenters. The molecule has 662 valence electrons. The van der Waals surface area contributed by atoms with E-state index in [1.807, 2.05) is 182 Å². The Hall–Kier alpha value is -16.2. The summed E-state index contributed by atoms with van der Waals surface area (Å²) in [6, 6.07) is 153. The second-order valence-electron chi connectivity index (χ2n) is 37.9. The fourth-order valence-corrected chi connectivity index (χ4v) is 23.0. The van der Waals surface area contributed by atoms with Crippen molar-refractivity contribution in [1.29, 1.82) is 0 Å². The minimum Gasteiger partial charge on any atom is -0.208 e. The lowest BCUT2D eigenvalue weighted by Crippen LogP contribution is -2.27. The van der Waals surface area contributed by atoms with Crippen molar-refractivity contribution >= 4 is 0 Å². The highest BCUT2D eigenvalue weighted by molar-refractivity contribution is 5.90. The van der Waals surface area contributed by atoms with Gasteiger partial charge in [0.2, 0.25) is 0 Å². The molecular weight excluding hydrogens is 1680 g/mol. The number of rotatable bonds is 14. The molecule has 3 fully saturated rings. The highest BCUT2D eigenvalue weighted by Crippen LogP contribution is 2.60. The molecule has 0 saturated heterocycles. The van der Waals surface area contributed by atoms with Gasteiger partial charge in [-0.05, 0) is 191 Å². The van der Waals surface area contributed by atoms with Gasteiger partial charge in [-0.25, -0.2) is 44.9 Å². The van der Waals surface area contributed by atoms with Crippen LogP contribution < -0.4 is 0 Å². The monoisotopic (exact) mass is 1780 g/mol. The molecule has 3 heterocycles. The van der Waals surface area contributed by atoms with E-state index in [4.69, 9.17) is 44.9 Å². The Bertz CT molecular complexity index is 7690. The molecule has 3 aromatic heterocycles. The van der Waals surface area contributed by atoms with Crippen LogP contribution in [0.4, 0.5) is 0 Å². The maximum atomic E-state index is 4.96. The molecule has 3 saturated carbocycles. The van der Waals surface area contributed by atoms with E-state index >= 15 is 0 Å². The van der Waals surface area contributed by atoms with Gasteiger partial charge in [-0.1, -0.05) is 458 Å². The van der Waals surface area contributed by atoms with Crippen molar-refractivity contribution in [2.45, 2.75) is 113 Å². The second kappa shape index (κ2) is 36.9. The number of hydrogen-bond acceptors (Lipinski definition) is 9. The van der Waals surface area contributed by atoms with Crippen molar-refractivity contribution in [2.24, 2.45) is 0 Å². The molecule has 26 rings (SSSR count). The first-order valence-corrected chi connectivity index (χ1v) is 49.2. The lowest BCUT2D eigenvalue weighted by atomic mass is 9.68. The molecule has 0 amide bonds. The average molecular weight is 1780 g/mol. The van der Waals surface area contributed by atoms with Crippen LogP contribution in [0.15, 0.2) is 431 Å². The Morgan fingerprint density at radius 2 is 0.283 bits per heavy atom. The molecule has 0 radical (unpaired) electrons. The summed E-state index contributed by atoms with van der Waals surface area (Å²) in [5, 5.41) is 0. The molecule has 17 aromatic carbocycles. The standard InChI is InChI=1S/2C45H35N3.C39H31N3/c1-4-13-32(14-5-1)42-46-43(33-15-6-2-7-16-33)48-44(47-42)34-23-21-31(22-24-34)35-17-12-18-36(29-35)37-25-26-41-39(30-37)38-19-8-9-20-40(38)45(41)27-10-3-11-28-45;1-4-12-34(13-5-1)42-46-43(35-14-6-2-7-15-35)48-44(47-42)36-24-22-32(23-25-36)31-18-20-33(21-19-31)37-26-27-41-39(30-37)38-16-8-9-17-40(38)45(41)28-10-3-11-29-45;1-4-13-27(14-5-1)36-40-37(28-15-6-2-7-16-28)42-38(41-36)31-18-12-17-29(25-31)30-21-22-35-33(26-30)32-19-8-9-20-34(32)39(35)23-10-3-11-24-39/h1-2,4-9,12-26,29-30H,3,10-11,27-28H2;1-2,4-9,12-27,30H,3,10-11,28-29H2;1-2,4-9,12-22,25-26H,3,10-11,23-24H2. The molecule has 138 heavy (non-hydrogen) atoms. The zero-order valence-corrected chi connectivity index (χ0v) is 77.1. The highest BCUT2D eigenvalue weighted by atomic mass is 15.1. The van der Waals surface area contributed by atoms with Crippen LogP contribution in [-0.4, -0.2) is 44.9 Å². The lowest BCUT2D eigenvalue weighted by Gasteiger charge is -2.36. The number of hydrogen-bond donors (Lipinski definition) is 0. The molecular formula is C129H101N9. The third kappa shape index (κ3) is 16.1. The fraction of sp³-hybridized carbons (Fsp3) is 0.140. The smallest absolute Gasteiger partial charge is 0.164 e. The van der Waals surface area contributed by atoms with Crippen molar-refractivity contribution in [3.05, 3.63) is 464 Å². The number of benzene rings is 17. The van der Waals surface area contributed by atoms with Crippen LogP contribution in [0.1, 0.15) is 130 Å². The Labute approximate surface area is 807 Å². The van der Waals surface area contributed by atoms with Gasteiger partial charge in [-0.15, -0.1) is 0 Å². The van der Waals surface area contributed by atoms with Crippen molar-refractivity contribution in [3.63, 3.8) is 0 Å². The molecule has 0 aliphatic heterocycles. The summed E-state index contributed by atoms with van der Waals surface area (Å²) in [7, 11) is 0. The number of fused-ring (bicyclic) bond motifs is 15. The third-order valence-corrected chi connectivity index (χ3v) is 29.8. The van der Waals surface area contributed by atoms with Crippen molar-refractivity contribution in [1.82, 2.24) is 44.9 Å². The van der Waals surface area contributed by atoms with Gasteiger partial charge in [0.25, 0.3) is 0 Å². The van der Waals surface area contributed by atoms with E-state index < -0.39 is 0 Å². The Morgan fingerprint density at radius 1 is 0.116 bits per heavy atom. The predicted molar refractivity (Wildman–Crippen MR) is 563 cm³/mol. The van der Waals surface area contributed by atoms with Crippen molar-refractivity contribution in [3.8, 4) is 192 Å². The van der Waals surface area contributed by atoms with Gasteiger partial charge in [-0.3, -0.25) is 0 Å². The minimum absolute atomic E-state index is 0.178. The largest absolute Gasteiger partial charge is 0.208 e. The van der Waals surface area contributed by atoms with Gasteiger partial charge in [0.15, 0.2) is 52.4 Å². The van der Waals surface area contributed by atoms with Gasteiger partial charge < -0.3 is 0 Å². The van der Waals surface area contributed by atoms with Crippen LogP contribution in [0, 0.1) is 0 Å². The summed E-state index contributed by atoms with van der Waals surface area (Å²) in [5.74, 6) is 6.04. The molecule has 9 nitrogen and oxygen atoms in total. The normalized spacial score (nSPS) is 14.6. The summed E-state index contributed by atoms with van der Waals surface area (Å²) in [6.45, 7) is 0. The zero-order chi connectivity index (χ0) is 91.8. The molecule has 3 spiro atoms. The summed E-state index contributed by atoms with van der Waals surface area (Å²) in [5.41, 5.74) is 39.1. The molecule has 0 N–H and O–H groups in total. The number of aromatic nitrogens is 9. The topological polar surface area (TPSA) is 116 Å². The fourth-order valence-electron chi connectivity index (χ4n) is 23.0. The number of nitrogens with zero attached hydrogens (tertiary/aromatic N) is 9. The first-order chi connectivity index (χ1) is 68.3. The molecule has 0 atom stereocenters. The average Bonchev–Trinajstić information content (AvgIpc) is 1.57. The summed E-state index contributed by atoms with van der Waals surface area (Å²) in [4.78, 5) is 44.0. The van der Waals surface area contributed by atoms with Crippen molar-refractivity contribution < 1.29 is 0 Å². The first-order valence-electron chi connectivity index (χ1n) is 49.2. The molecule has 6 aliphatic carbocycles. The highest BCUT2D eigenvalue weighted by Gasteiger charge is 2.47. The Kier molecular flexibility index (Phi) is 22.6. The van der Waals surface area contributed by atoms with Gasteiger partial charge >= 0.3 is 0 Å². The molecule has 9 heteroatoms. The maximum absolute atomic E-state index is 4.96. The van der Waals surface area contributed by atoms with E-state index in [-0.39, 0.29) is 16.2 Å². The van der Waals surface area contributed by atoms with Crippen LogP contribution in [-0.2, 0) is 16.2 Å². The second-order valence-corrected chi connectivity index (χ2v) is 37.9. The summed E-state index contributed by atoms with van der Waals surface area (Å²) in [6.07, 6.45) is 19.5. The quantitative estimate of drug-likeness (QED) is 0.105. The maximum Gasteiger partial charge on any atom is 0.164 e. The van der Waals surface area contributed by atoms with Gasteiger partial charge in [0, 0.05) is 66.3 Å². The first kappa shape index (κ1) is 84.7. The minimum atomic E-state index is 0.178. The van der Waals surface area contributed by atoms with Crippen LogP contribution in [0.25, 0.3) is 192 Å². The van der Waals surface area contributed by atoms with Crippen LogP contribution in [0.2, 0.25) is 0 Å². The SMILES string of the molecule is c1ccc(-c2nc(-c3ccccc3)nc(-c3ccc(-c4ccc(-c5ccc6c(c5)-c5ccccc5C65CCCCC5)cc4)cc3)n2)cc1.c1ccc(-c2nc(-c3ccccc3)nc(-c3ccc(-c4cccc(-c5ccc6c(c5)-c5ccccc5C65CCCCC5)c4)cc3)n2)cc1.c1ccc(-c2nc(-c3ccccc3)nc(-c3cccc(-c4ccc5c(c4)-c4ccccc4C54CCCCC4)c3)n2)cc1. The van der Waals surface area contributed by atoms with Crippen molar-refractivity contribution in [2.75, 3.05) is 0 Å². The lowest BCUT2D eigenvalue weighted by molar-refractivity contribution is 0.353. The van der Waals surface area contributed by atoms with E-state index in [2.05, 4.69) is 249 Å². The zero-order valence-electron chi connectivity index (χ0n) is 77.1. The Morgan fingerprint density at radius 3 is 0.551 bits per heavy atom. The van der Waals surface area contributed by atoms with E-state index in [1.54, 1.807) is 5.56 Å². The van der Waals surface area contributed by atoms with Crippen LogP contribution >= 0.6 is 0 Å².